The van der Waals surface area contributed by atoms with Crippen LogP contribution in [-0.4, -0.2) is 46.1 Å². The first-order chi connectivity index (χ1) is 14.1. The van der Waals surface area contributed by atoms with Gasteiger partial charge in [-0.15, -0.1) is 0 Å². The molecule has 0 spiro atoms. The summed E-state index contributed by atoms with van der Waals surface area (Å²) in [6.07, 6.45) is 4.97. The molecule has 1 aromatic carbocycles. The fraction of sp³-hybridized carbons (Fsp3) is 0.333. The number of hydrogen-bond acceptors (Lipinski definition) is 6. The number of carbonyl (C=O) groups is 1. The van der Waals surface area contributed by atoms with Gasteiger partial charge in [-0.05, 0) is 31.5 Å². The fourth-order valence-electron chi connectivity index (χ4n) is 3.79. The number of para-hydroxylation sites is 1. The molecule has 1 unspecified atom stereocenters. The lowest BCUT2D eigenvalue weighted by molar-refractivity contribution is 0.0999. The third kappa shape index (κ3) is 3.58. The summed E-state index contributed by atoms with van der Waals surface area (Å²) in [4.78, 5) is 36.1. The highest BCUT2D eigenvalue weighted by molar-refractivity contribution is 5.96. The average Bonchev–Trinajstić information content (AvgIpc) is 3.27. The van der Waals surface area contributed by atoms with E-state index in [0.717, 1.165) is 38.2 Å². The van der Waals surface area contributed by atoms with E-state index < -0.39 is 11.3 Å². The zero-order valence-corrected chi connectivity index (χ0v) is 16.3. The van der Waals surface area contributed by atoms with Crippen molar-refractivity contribution >= 4 is 22.9 Å². The molecule has 1 amide bonds. The summed E-state index contributed by atoms with van der Waals surface area (Å²) in [7, 11) is 0. The van der Waals surface area contributed by atoms with Gasteiger partial charge in [0.1, 0.15) is 5.56 Å². The topological polar surface area (TPSA) is 106 Å². The summed E-state index contributed by atoms with van der Waals surface area (Å²) >= 11 is 0. The molecule has 1 aliphatic rings. The lowest BCUT2D eigenvalue weighted by atomic mass is 10.2. The number of nitrogens with zero attached hydrogens (tertiary/aromatic N) is 4. The van der Waals surface area contributed by atoms with E-state index in [1.54, 1.807) is 4.57 Å². The molecule has 3 heterocycles. The van der Waals surface area contributed by atoms with E-state index in [-0.39, 0.29) is 10.9 Å². The maximum atomic E-state index is 12.8. The van der Waals surface area contributed by atoms with Crippen molar-refractivity contribution in [3.63, 3.8) is 0 Å². The quantitative estimate of drug-likeness (QED) is 0.658. The van der Waals surface area contributed by atoms with E-state index in [1.807, 2.05) is 30.3 Å². The average molecular weight is 392 g/mol. The van der Waals surface area contributed by atoms with Crippen LogP contribution in [0, 0.1) is 0 Å². The minimum atomic E-state index is -0.768. The summed E-state index contributed by atoms with van der Waals surface area (Å²) in [5, 5.41) is 3.65. The Balaban J connectivity index is 1.94. The zero-order valence-electron chi connectivity index (χ0n) is 16.3. The van der Waals surface area contributed by atoms with Gasteiger partial charge >= 0.3 is 0 Å². The number of carbonyl (C=O) groups excluding carboxylic acids is 1. The number of pyridine rings is 1. The summed E-state index contributed by atoms with van der Waals surface area (Å²) < 4.78 is 1.74. The molecular formula is C21H24N6O2. The van der Waals surface area contributed by atoms with Crippen molar-refractivity contribution in [2.75, 3.05) is 24.5 Å². The van der Waals surface area contributed by atoms with Crippen molar-refractivity contribution in [2.24, 2.45) is 5.73 Å². The standard InChI is InChI=1S/C21H24N6O2/c1-2-10-26(15-8-9-23-11-15)21-24-12-16-18(28)17(19(22)29)13-27(20(16)25-21)14-6-4-3-5-7-14/h3-7,12-13,15,23H,2,8-11H2,1H3,(H2,22,29). The van der Waals surface area contributed by atoms with Crippen LogP contribution < -0.4 is 21.4 Å². The molecule has 3 aromatic rings. The third-order valence-corrected chi connectivity index (χ3v) is 5.23. The second kappa shape index (κ2) is 8.00. The smallest absolute Gasteiger partial charge is 0.254 e. The summed E-state index contributed by atoms with van der Waals surface area (Å²) in [6.45, 7) is 4.80. The predicted molar refractivity (Wildman–Crippen MR) is 113 cm³/mol. The molecular weight excluding hydrogens is 368 g/mol. The van der Waals surface area contributed by atoms with E-state index >= 15 is 0 Å². The van der Waals surface area contributed by atoms with Crippen LogP contribution in [-0.2, 0) is 0 Å². The van der Waals surface area contributed by atoms with Crippen LogP contribution in [0.25, 0.3) is 16.7 Å². The summed E-state index contributed by atoms with van der Waals surface area (Å²) in [5.74, 6) is -0.181. The highest BCUT2D eigenvalue weighted by Crippen LogP contribution is 2.21. The lowest BCUT2D eigenvalue weighted by Crippen LogP contribution is -2.39. The van der Waals surface area contributed by atoms with Crippen molar-refractivity contribution in [3.8, 4) is 5.69 Å². The molecule has 0 aliphatic carbocycles. The molecule has 4 rings (SSSR count). The van der Waals surface area contributed by atoms with Crippen LogP contribution >= 0.6 is 0 Å². The highest BCUT2D eigenvalue weighted by atomic mass is 16.2. The van der Waals surface area contributed by atoms with Crippen LogP contribution in [0.15, 0.2) is 47.5 Å². The number of amides is 1. The normalized spacial score (nSPS) is 16.2. The molecule has 2 aromatic heterocycles. The molecule has 0 saturated carbocycles. The van der Waals surface area contributed by atoms with Crippen LogP contribution in [0.3, 0.4) is 0 Å². The molecule has 0 bridgehead atoms. The summed E-state index contributed by atoms with van der Waals surface area (Å²) in [5.41, 5.74) is 6.16. The second-order valence-electron chi connectivity index (χ2n) is 7.19. The van der Waals surface area contributed by atoms with E-state index in [4.69, 9.17) is 10.7 Å². The molecule has 1 aliphatic heterocycles. The molecule has 1 atom stereocenters. The maximum absolute atomic E-state index is 12.8. The first-order valence-corrected chi connectivity index (χ1v) is 9.85. The van der Waals surface area contributed by atoms with Gasteiger partial charge in [0.15, 0.2) is 5.65 Å². The number of hydrogen-bond donors (Lipinski definition) is 2. The Morgan fingerprint density at radius 1 is 1.34 bits per heavy atom. The van der Waals surface area contributed by atoms with Crippen molar-refractivity contribution < 1.29 is 4.79 Å². The number of rotatable bonds is 6. The summed E-state index contributed by atoms with van der Waals surface area (Å²) in [6, 6.07) is 9.77. The largest absolute Gasteiger partial charge is 0.365 e. The Morgan fingerprint density at radius 3 is 2.79 bits per heavy atom. The zero-order chi connectivity index (χ0) is 20.4. The Labute approximate surface area is 168 Å². The van der Waals surface area contributed by atoms with Crippen LogP contribution in [0.5, 0.6) is 0 Å². The Kier molecular flexibility index (Phi) is 5.26. The third-order valence-electron chi connectivity index (χ3n) is 5.23. The maximum Gasteiger partial charge on any atom is 0.254 e. The minimum Gasteiger partial charge on any atom is -0.365 e. The SMILES string of the molecule is CCCN(c1ncc2c(=O)c(C(N)=O)cn(-c3ccccc3)c2n1)C1CCNC1. The number of primary amides is 1. The Bertz CT molecular complexity index is 1090. The molecule has 0 radical (unpaired) electrons. The van der Waals surface area contributed by atoms with Gasteiger partial charge in [-0.25, -0.2) is 4.98 Å². The van der Waals surface area contributed by atoms with Crippen LogP contribution in [0.2, 0.25) is 0 Å². The number of nitrogens with two attached hydrogens (primary N) is 1. The molecule has 1 saturated heterocycles. The molecule has 1 fully saturated rings. The molecule has 8 nitrogen and oxygen atoms in total. The van der Waals surface area contributed by atoms with Gasteiger partial charge in [-0.3, -0.25) is 9.59 Å². The van der Waals surface area contributed by atoms with Crippen LogP contribution in [0.1, 0.15) is 30.1 Å². The number of anilines is 1. The number of benzene rings is 1. The van der Waals surface area contributed by atoms with Gasteiger partial charge in [0, 0.05) is 37.2 Å². The van der Waals surface area contributed by atoms with Crippen molar-refractivity contribution in [1.82, 2.24) is 19.9 Å². The van der Waals surface area contributed by atoms with E-state index in [0.29, 0.717) is 17.6 Å². The predicted octanol–water partition coefficient (Wildman–Crippen LogP) is 1.46. The first-order valence-electron chi connectivity index (χ1n) is 9.85. The number of fused-ring (bicyclic) bond motifs is 1. The van der Waals surface area contributed by atoms with Gasteiger partial charge < -0.3 is 20.5 Å². The van der Waals surface area contributed by atoms with Gasteiger partial charge in [0.25, 0.3) is 5.91 Å². The molecule has 29 heavy (non-hydrogen) atoms. The first kappa shape index (κ1) is 19.1. The minimum absolute atomic E-state index is 0.0805. The van der Waals surface area contributed by atoms with Gasteiger partial charge in [0.2, 0.25) is 11.4 Å². The fourth-order valence-corrected chi connectivity index (χ4v) is 3.79. The van der Waals surface area contributed by atoms with Gasteiger partial charge in [0.05, 0.1) is 5.39 Å². The van der Waals surface area contributed by atoms with E-state index in [1.165, 1.54) is 12.4 Å². The van der Waals surface area contributed by atoms with Crippen molar-refractivity contribution in [3.05, 3.63) is 58.5 Å². The van der Waals surface area contributed by atoms with E-state index in [9.17, 15) is 9.59 Å². The Hall–Kier alpha value is -3.26. The lowest BCUT2D eigenvalue weighted by Gasteiger charge is -2.28. The molecule has 8 heteroatoms. The molecule has 3 N–H and O–H groups in total. The number of aromatic nitrogens is 3. The highest BCUT2D eigenvalue weighted by Gasteiger charge is 2.25. The van der Waals surface area contributed by atoms with Crippen molar-refractivity contribution in [2.45, 2.75) is 25.8 Å². The van der Waals surface area contributed by atoms with E-state index in [2.05, 4.69) is 22.1 Å². The number of nitrogens with one attached hydrogen (secondary N) is 1. The Morgan fingerprint density at radius 2 is 2.14 bits per heavy atom. The monoisotopic (exact) mass is 392 g/mol. The van der Waals surface area contributed by atoms with Gasteiger partial charge in [-0.1, -0.05) is 25.1 Å². The van der Waals surface area contributed by atoms with Crippen LogP contribution in [0.4, 0.5) is 5.95 Å². The second-order valence-corrected chi connectivity index (χ2v) is 7.19. The molecule has 150 valence electrons. The van der Waals surface area contributed by atoms with Gasteiger partial charge in [-0.2, -0.15) is 4.98 Å². The van der Waals surface area contributed by atoms with Crippen molar-refractivity contribution in [1.29, 1.82) is 0 Å².